The van der Waals surface area contributed by atoms with E-state index in [9.17, 15) is 4.79 Å². The van der Waals surface area contributed by atoms with E-state index in [0.29, 0.717) is 18.2 Å². The van der Waals surface area contributed by atoms with Crippen LogP contribution in [0.4, 0.5) is 0 Å². The molecule has 1 fully saturated rings. The predicted octanol–water partition coefficient (Wildman–Crippen LogP) is 2.54. The van der Waals surface area contributed by atoms with Crippen LogP contribution in [-0.2, 0) is 17.8 Å². The summed E-state index contributed by atoms with van der Waals surface area (Å²) in [6.07, 6.45) is 14.1. The largest absolute Gasteiger partial charge is 0.342 e. The normalized spacial score (nSPS) is 18.1. The molecule has 2 aromatic heterocycles. The van der Waals surface area contributed by atoms with Crippen molar-refractivity contribution in [3.05, 3.63) is 48.8 Å². The first-order valence-electron chi connectivity index (χ1n) is 8.43. The smallest absolute Gasteiger partial charge is 0.222 e. The molecular formula is C18H24N4O. The molecule has 23 heavy (non-hydrogen) atoms. The molecule has 0 spiro atoms. The van der Waals surface area contributed by atoms with Gasteiger partial charge in [0, 0.05) is 50.8 Å². The molecule has 1 aliphatic heterocycles. The second-order valence-corrected chi connectivity index (χ2v) is 6.32. The zero-order chi connectivity index (χ0) is 15.9. The van der Waals surface area contributed by atoms with Gasteiger partial charge in [-0.05, 0) is 43.2 Å². The van der Waals surface area contributed by atoms with Crippen molar-refractivity contribution in [3.63, 3.8) is 0 Å². The molecule has 3 heterocycles. The molecule has 3 rings (SSSR count). The molecule has 2 aromatic rings. The highest BCUT2D eigenvalue weighted by Gasteiger charge is 2.23. The van der Waals surface area contributed by atoms with Gasteiger partial charge >= 0.3 is 0 Å². The van der Waals surface area contributed by atoms with Crippen molar-refractivity contribution in [2.75, 3.05) is 13.1 Å². The summed E-state index contributed by atoms with van der Waals surface area (Å²) in [5, 5.41) is 0. The van der Waals surface area contributed by atoms with Crippen molar-refractivity contribution in [3.8, 4) is 0 Å². The number of hydrogen-bond acceptors (Lipinski definition) is 3. The molecule has 0 aliphatic carbocycles. The van der Waals surface area contributed by atoms with Crippen LogP contribution in [0, 0.1) is 5.92 Å². The van der Waals surface area contributed by atoms with Gasteiger partial charge in [0.15, 0.2) is 0 Å². The van der Waals surface area contributed by atoms with E-state index in [1.807, 2.05) is 23.0 Å². The minimum absolute atomic E-state index is 0.293. The lowest BCUT2D eigenvalue weighted by atomic mass is 9.91. The molecule has 0 unspecified atom stereocenters. The van der Waals surface area contributed by atoms with Crippen LogP contribution in [0.5, 0.6) is 0 Å². The highest BCUT2D eigenvalue weighted by atomic mass is 16.2. The molecule has 0 N–H and O–H groups in total. The average molecular weight is 312 g/mol. The number of carbonyl (C=O) groups is 1. The van der Waals surface area contributed by atoms with Crippen molar-refractivity contribution >= 4 is 5.91 Å². The summed E-state index contributed by atoms with van der Waals surface area (Å²) >= 11 is 0. The summed E-state index contributed by atoms with van der Waals surface area (Å²) in [5.74, 6) is 0.853. The Hall–Kier alpha value is -2.17. The Labute approximate surface area is 137 Å². The fourth-order valence-electron chi connectivity index (χ4n) is 3.30. The van der Waals surface area contributed by atoms with E-state index < -0.39 is 0 Å². The van der Waals surface area contributed by atoms with Crippen molar-refractivity contribution in [2.45, 2.75) is 38.6 Å². The number of rotatable bonds is 6. The van der Waals surface area contributed by atoms with E-state index in [-0.39, 0.29) is 0 Å². The van der Waals surface area contributed by atoms with Gasteiger partial charge in [0.1, 0.15) is 0 Å². The van der Waals surface area contributed by atoms with E-state index in [0.717, 1.165) is 38.9 Å². The van der Waals surface area contributed by atoms with Crippen LogP contribution >= 0.6 is 0 Å². The number of pyridine rings is 1. The van der Waals surface area contributed by atoms with E-state index in [2.05, 4.69) is 20.9 Å². The molecule has 5 heteroatoms. The standard InChI is InChI=1S/C18H24N4O/c23-18(6-3-9-21-11-8-20-15-21)22-10-2-5-17(14-22)12-16-4-1-7-19-13-16/h1,4,7-8,11,13,15,17H,2-3,5-6,9-10,12,14H2/t17-/m1/s1. The zero-order valence-electron chi connectivity index (χ0n) is 13.5. The Morgan fingerprint density at radius 1 is 1.30 bits per heavy atom. The third kappa shape index (κ3) is 4.65. The molecule has 0 aromatic carbocycles. The maximum absolute atomic E-state index is 12.4. The van der Waals surface area contributed by atoms with Crippen molar-refractivity contribution in [2.24, 2.45) is 5.92 Å². The van der Waals surface area contributed by atoms with E-state index in [4.69, 9.17) is 0 Å². The van der Waals surface area contributed by atoms with Gasteiger partial charge in [-0.2, -0.15) is 0 Å². The number of hydrogen-bond donors (Lipinski definition) is 0. The highest BCUT2D eigenvalue weighted by Crippen LogP contribution is 2.21. The topological polar surface area (TPSA) is 51.0 Å². The van der Waals surface area contributed by atoms with Gasteiger partial charge < -0.3 is 9.47 Å². The second-order valence-electron chi connectivity index (χ2n) is 6.32. The molecule has 0 saturated carbocycles. The third-order valence-corrected chi connectivity index (χ3v) is 4.49. The summed E-state index contributed by atoms with van der Waals surface area (Å²) in [6.45, 7) is 2.66. The Balaban J connectivity index is 1.44. The molecule has 1 atom stereocenters. The van der Waals surface area contributed by atoms with Crippen LogP contribution in [0.15, 0.2) is 43.2 Å². The van der Waals surface area contributed by atoms with Crippen molar-refractivity contribution < 1.29 is 4.79 Å². The molecule has 122 valence electrons. The van der Waals surface area contributed by atoms with Gasteiger partial charge in [-0.25, -0.2) is 4.98 Å². The summed E-state index contributed by atoms with van der Waals surface area (Å²) in [4.78, 5) is 22.7. The Bertz CT molecular complexity index is 597. The lowest BCUT2D eigenvalue weighted by Gasteiger charge is -2.33. The van der Waals surface area contributed by atoms with E-state index >= 15 is 0 Å². The molecule has 1 saturated heterocycles. The highest BCUT2D eigenvalue weighted by molar-refractivity contribution is 5.76. The number of aromatic nitrogens is 3. The maximum Gasteiger partial charge on any atom is 0.222 e. The average Bonchev–Trinajstić information content (AvgIpc) is 3.09. The van der Waals surface area contributed by atoms with E-state index in [1.54, 1.807) is 18.7 Å². The molecule has 5 nitrogen and oxygen atoms in total. The maximum atomic E-state index is 12.4. The molecular weight excluding hydrogens is 288 g/mol. The first-order valence-corrected chi connectivity index (χ1v) is 8.43. The van der Waals surface area contributed by atoms with Crippen LogP contribution in [0.2, 0.25) is 0 Å². The van der Waals surface area contributed by atoms with Crippen LogP contribution in [0.25, 0.3) is 0 Å². The third-order valence-electron chi connectivity index (χ3n) is 4.49. The summed E-state index contributed by atoms with van der Waals surface area (Å²) < 4.78 is 2.02. The minimum atomic E-state index is 0.293. The lowest BCUT2D eigenvalue weighted by Crippen LogP contribution is -2.40. The van der Waals surface area contributed by atoms with Gasteiger partial charge in [-0.15, -0.1) is 0 Å². The van der Waals surface area contributed by atoms with Crippen molar-refractivity contribution in [1.82, 2.24) is 19.4 Å². The fourth-order valence-corrected chi connectivity index (χ4v) is 3.30. The minimum Gasteiger partial charge on any atom is -0.342 e. The molecule has 1 aliphatic rings. The predicted molar refractivity (Wildman–Crippen MR) is 88.7 cm³/mol. The molecule has 0 radical (unpaired) electrons. The quantitative estimate of drug-likeness (QED) is 0.823. The first kappa shape index (κ1) is 15.7. The SMILES string of the molecule is O=C(CCCn1ccnc1)N1CCC[C@H](Cc2cccnc2)C1. The Morgan fingerprint density at radius 3 is 3.04 bits per heavy atom. The number of amides is 1. The number of carbonyl (C=O) groups excluding carboxylic acids is 1. The van der Waals surface area contributed by atoms with Crippen LogP contribution in [0.1, 0.15) is 31.2 Å². The monoisotopic (exact) mass is 312 g/mol. The van der Waals surface area contributed by atoms with Gasteiger partial charge in [0.2, 0.25) is 5.91 Å². The van der Waals surface area contributed by atoms with Crippen LogP contribution in [-0.4, -0.2) is 38.4 Å². The summed E-state index contributed by atoms with van der Waals surface area (Å²) in [7, 11) is 0. The summed E-state index contributed by atoms with van der Waals surface area (Å²) in [5.41, 5.74) is 1.27. The van der Waals surface area contributed by atoms with Gasteiger partial charge in [-0.3, -0.25) is 9.78 Å². The van der Waals surface area contributed by atoms with Crippen molar-refractivity contribution in [1.29, 1.82) is 0 Å². The summed E-state index contributed by atoms with van der Waals surface area (Å²) in [6, 6.07) is 4.11. The number of likely N-dealkylation sites (tertiary alicyclic amines) is 1. The van der Waals surface area contributed by atoms with Crippen LogP contribution < -0.4 is 0 Å². The van der Waals surface area contributed by atoms with Gasteiger partial charge in [-0.1, -0.05) is 6.07 Å². The van der Waals surface area contributed by atoms with Gasteiger partial charge in [0.05, 0.1) is 6.33 Å². The van der Waals surface area contributed by atoms with E-state index in [1.165, 1.54) is 12.0 Å². The van der Waals surface area contributed by atoms with Crippen LogP contribution in [0.3, 0.4) is 0 Å². The Morgan fingerprint density at radius 2 is 2.26 bits per heavy atom. The lowest BCUT2D eigenvalue weighted by molar-refractivity contribution is -0.133. The fraction of sp³-hybridized carbons (Fsp3) is 0.500. The Kier molecular flexibility index (Phi) is 5.40. The number of imidazole rings is 1. The zero-order valence-corrected chi connectivity index (χ0v) is 13.5. The van der Waals surface area contributed by atoms with Gasteiger partial charge in [0.25, 0.3) is 0 Å². The molecule has 0 bridgehead atoms. The number of nitrogens with zero attached hydrogens (tertiary/aromatic N) is 4. The second kappa shape index (κ2) is 7.90. The first-order chi connectivity index (χ1) is 11.3. The molecule has 1 amide bonds. The number of piperidine rings is 1. The number of aryl methyl sites for hydroxylation is 1.